The predicted octanol–water partition coefficient (Wildman–Crippen LogP) is 2.56. The average molecular weight is 327 g/mol. The fourth-order valence-electron chi connectivity index (χ4n) is 2.44. The van der Waals surface area contributed by atoms with Gasteiger partial charge in [0.15, 0.2) is 0 Å². The Morgan fingerprint density at radius 3 is 2.77 bits per heavy atom. The van der Waals surface area contributed by atoms with Gasteiger partial charge in [-0.25, -0.2) is 0 Å². The van der Waals surface area contributed by atoms with Gasteiger partial charge >= 0.3 is 0 Å². The van der Waals surface area contributed by atoms with Gasteiger partial charge < -0.3 is 15.4 Å². The molecule has 0 spiro atoms. The van der Waals surface area contributed by atoms with Crippen LogP contribution in [0.4, 0.5) is 0 Å². The predicted molar refractivity (Wildman–Crippen MR) is 91.8 cm³/mol. The molecule has 1 fully saturated rings. The molecule has 5 heteroatoms. The van der Waals surface area contributed by atoms with E-state index in [1.807, 2.05) is 12.1 Å². The van der Waals surface area contributed by atoms with Crippen molar-refractivity contribution in [3.8, 4) is 5.75 Å². The molecule has 4 nitrogen and oxygen atoms in total. The smallest absolute Gasteiger partial charge is 0.224 e. The third-order valence-corrected chi connectivity index (χ3v) is 3.83. The van der Waals surface area contributed by atoms with Crippen molar-refractivity contribution in [2.75, 3.05) is 26.2 Å². The summed E-state index contributed by atoms with van der Waals surface area (Å²) in [5.41, 5.74) is 1.22. The average Bonchev–Trinajstić information content (AvgIpc) is 3.03. The first-order chi connectivity index (χ1) is 10.3. The SMILES string of the molecule is CCCCOc1ccc(CCNC(=O)C2CCNC2)cc1.Cl. The molecule has 1 aliphatic heterocycles. The summed E-state index contributed by atoms with van der Waals surface area (Å²) < 4.78 is 5.63. The van der Waals surface area contributed by atoms with Gasteiger partial charge in [0.05, 0.1) is 12.5 Å². The summed E-state index contributed by atoms with van der Waals surface area (Å²) in [6.45, 7) is 5.41. The summed E-state index contributed by atoms with van der Waals surface area (Å²) in [5.74, 6) is 1.26. The molecule has 1 aromatic carbocycles. The van der Waals surface area contributed by atoms with E-state index in [1.165, 1.54) is 5.56 Å². The van der Waals surface area contributed by atoms with E-state index in [4.69, 9.17) is 4.74 Å². The van der Waals surface area contributed by atoms with Crippen LogP contribution < -0.4 is 15.4 Å². The van der Waals surface area contributed by atoms with Crippen LogP contribution in [-0.2, 0) is 11.2 Å². The number of amides is 1. The quantitative estimate of drug-likeness (QED) is 0.722. The largest absolute Gasteiger partial charge is 0.494 e. The molecule has 2 N–H and O–H groups in total. The summed E-state index contributed by atoms with van der Waals surface area (Å²) in [6.07, 6.45) is 4.05. The second-order valence-corrected chi connectivity index (χ2v) is 5.58. The van der Waals surface area contributed by atoms with Gasteiger partial charge in [-0.05, 0) is 43.5 Å². The number of halogens is 1. The third-order valence-electron chi connectivity index (χ3n) is 3.83. The lowest BCUT2D eigenvalue weighted by atomic mass is 10.1. The summed E-state index contributed by atoms with van der Waals surface area (Å²) in [6, 6.07) is 8.16. The minimum absolute atomic E-state index is 0. The number of ether oxygens (including phenoxy) is 1. The van der Waals surface area contributed by atoms with E-state index in [9.17, 15) is 4.79 Å². The molecule has 1 saturated heterocycles. The number of benzene rings is 1. The molecular weight excluding hydrogens is 300 g/mol. The molecule has 1 unspecified atom stereocenters. The van der Waals surface area contributed by atoms with Gasteiger partial charge in [-0.1, -0.05) is 25.5 Å². The topological polar surface area (TPSA) is 50.4 Å². The van der Waals surface area contributed by atoms with Crippen molar-refractivity contribution in [2.45, 2.75) is 32.6 Å². The van der Waals surface area contributed by atoms with Crippen LogP contribution in [0.15, 0.2) is 24.3 Å². The van der Waals surface area contributed by atoms with Crippen molar-refractivity contribution >= 4 is 18.3 Å². The summed E-state index contributed by atoms with van der Waals surface area (Å²) in [7, 11) is 0. The van der Waals surface area contributed by atoms with Crippen molar-refractivity contribution in [1.29, 1.82) is 0 Å². The second-order valence-electron chi connectivity index (χ2n) is 5.58. The normalized spacial score (nSPS) is 16.9. The van der Waals surface area contributed by atoms with Gasteiger partial charge in [0.25, 0.3) is 0 Å². The van der Waals surface area contributed by atoms with E-state index in [0.717, 1.165) is 51.1 Å². The lowest BCUT2D eigenvalue weighted by Gasteiger charge is -2.10. The molecule has 1 atom stereocenters. The van der Waals surface area contributed by atoms with Gasteiger partial charge in [-0.3, -0.25) is 4.79 Å². The lowest BCUT2D eigenvalue weighted by molar-refractivity contribution is -0.124. The maximum atomic E-state index is 11.9. The third kappa shape index (κ3) is 6.24. The van der Waals surface area contributed by atoms with E-state index < -0.39 is 0 Å². The highest BCUT2D eigenvalue weighted by Gasteiger charge is 2.21. The zero-order chi connectivity index (χ0) is 14.9. The van der Waals surface area contributed by atoms with E-state index >= 15 is 0 Å². The lowest BCUT2D eigenvalue weighted by Crippen LogP contribution is -2.33. The van der Waals surface area contributed by atoms with Gasteiger partial charge in [-0.2, -0.15) is 0 Å². The molecule has 1 heterocycles. The number of hydrogen-bond donors (Lipinski definition) is 2. The molecule has 0 saturated carbocycles. The van der Waals surface area contributed by atoms with Crippen LogP contribution in [0.2, 0.25) is 0 Å². The van der Waals surface area contributed by atoms with Crippen molar-refractivity contribution in [2.24, 2.45) is 5.92 Å². The Balaban J connectivity index is 0.00000242. The molecule has 1 aliphatic rings. The molecule has 2 rings (SSSR count). The number of hydrogen-bond acceptors (Lipinski definition) is 3. The number of carbonyl (C=O) groups is 1. The van der Waals surface area contributed by atoms with Crippen LogP contribution in [0.1, 0.15) is 31.7 Å². The molecule has 22 heavy (non-hydrogen) atoms. The van der Waals surface area contributed by atoms with Crippen molar-refractivity contribution < 1.29 is 9.53 Å². The molecule has 124 valence electrons. The monoisotopic (exact) mass is 326 g/mol. The van der Waals surface area contributed by atoms with Gasteiger partial charge in [-0.15, -0.1) is 12.4 Å². The van der Waals surface area contributed by atoms with Crippen molar-refractivity contribution in [3.63, 3.8) is 0 Å². The van der Waals surface area contributed by atoms with Gasteiger partial charge in [0.1, 0.15) is 5.75 Å². The maximum absolute atomic E-state index is 11.9. The second kappa shape index (κ2) is 10.5. The highest BCUT2D eigenvalue weighted by molar-refractivity contribution is 5.85. The Morgan fingerprint density at radius 2 is 2.14 bits per heavy atom. The van der Waals surface area contributed by atoms with E-state index in [2.05, 4.69) is 29.7 Å². The highest BCUT2D eigenvalue weighted by Crippen LogP contribution is 2.13. The van der Waals surface area contributed by atoms with E-state index in [-0.39, 0.29) is 24.2 Å². The summed E-state index contributed by atoms with van der Waals surface area (Å²) in [4.78, 5) is 11.9. The zero-order valence-electron chi connectivity index (χ0n) is 13.3. The molecule has 0 radical (unpaired) electrons. The van der Waals surface area contributed by atoms with Crippen LogP contribution in [0, 0.1) is 5.92 Å². The number of nitrogens with one attached hydrogen (secondary N) is 2. The summed E-state index contributed by atoms with van der Waals surface area (Å²) in [5, 5.41) is 6.23. The minimum atomic E-state index is 0. The van der Waals surface area contributed by atoms with Crippen molar-refractivity contribution in [1.82, 2.24) is 10.6 Å². The number of unbranched alkanes of at least 4 members (excludes halogenated alkanes) is 1. The Labute approximate surface area is 139 Å². The Hall–Kier alpha value is -1.26. The van der Waals surface area contributed by atoms with E-state index in [0.29, 0.717) is 6.54 Å². The molecule has 1 aromatic rings. The maximum Gasteiger partial charge on any atom is 0.224 e. The van der Waals surface area contributed by atoms with Crippen LogP contribution in [-0.4, -0.2) is 32.1 Å². The van der Waals surface area contributed by atoms with Gasteiger partial charge in [0, 0.05) is 13.1 Å². The van der Waals surface area contributed by atoms with Crippen LogP contribution in [0.25, 0.3) is 0 Å². The van der Waals surface area contributed by atoms with Crippen LogP contribution >= 0.6 is 12.4 Å². The summed E-state index contributed by atoms with van der Waals surface area (Å²) >= 11 is 0. The minimum Gasteiger partial charge on any atom is -0.494 e. The fourth-order valence-corrected chi connectivity index (χ4v) is 2.44. The first-order valence-corrected chi connectivity index (χ1v) is 7.99. The molecular formula is C17H27ClN2O2. The fraction of sp³-hybridized carbons (Fsp3) is 0.588. The first-order valence-electron chi connectivity index (χ1n) is 7.99. The molecule has 0 bridgehead atoms. The van der Waals surface area contributed by atoms with Crippen LogP contribution in [0.5, 0.6) is 5.75 Å². The van der Waals surface area contributed by atoms with Gasteiger partial charge in [0.2, 0.25) is 5.91 Å². The Kier molecular flexibility index (Phi) is 8.94. The standard InChI is InChI=1S/C17H26N2O2.ClH/c1-2-3-12-21-16-6-4-14(5-7-16)8-11-19-17(20)15-9-10-18-13-15;/h4-7,15,18H,2-3,8-13H2,1H3,(H,19,20);1H. The van der Waals surface area contributed by atoms with E-state index in [1.54, 1.807) is 0 Å². The Morgan fingerprint density at radius 1 is 1.36 bits per heavy atom. The zero-order valence-corrected chi connectivity index (χ0v) is 14.1. The molecule has 0 aliphatic carbocycles. The number of carbonyl (C=O) groups excluding carboxylic acids is 1. The number of rotatable bonds is 8. The first kappa shape index (κ1) is 18.8. The highest BCUT2D eigenvalue weighted by atomic mass is 35.5. The van der Waals surface area contributed by atoms with Crippen LogP contribution in [0.3, 0.4) is 0 Å². The van der Waals surface area contributed by atoms with Crippen molar-refractivity contribution in [3.05, 3.63) is 29.8 Å². The molecule has 0 aromatic heterocycles. The Bertz CT molecular complexity index is 431. The molecule has 1 amide bonds.